The summed E-state index contributed by atoms with van der Waals surface area (Å²) in [7, 11) is 2.11. The molecule has 1 atom stereocenters. The highest BCUT2D eigenvalue weighted by Gasteiger charge is 2.16. The lowest BCUT2D eigenvalue weighted by Crippen LogP contribution is -2.22. The standard InChI is InChI=1S/C14H17ClN2S/c1-10-7-13(12(8-15)9-16-10)17(3)11(2)14-5-4-6-18-14/h4-7,9,11H,8H2,1-3H3. The van der Waals surface area contributed by atoms with Crippen LogP contribution in [0.15, 0.2) is 29.8 Å². The van der Waals surface area contributed by atoms with Crippen LogP contribution in [-0.2, 0) is 5.88 Å². The summed E-state index contributed by atoms with van der Waals surface area (Å²) in [5.74, 6) is 0.490. The molecule has 0 amide bonds. The predicted molar refractivity (Wildman–Crippen MR) is 79.7 cm³/mol. The molecule has 96 valence electrons. The van der Waals surface area contributed by atoms with E-state index < -0.39 is 0 Å². The minimum Gasteiger partial charge on any atom is -0.367 e. The van der Waals surface area contributed by atoms with Gasteiger partial charge in [-0.1, -0.05) is 6.07 Å². The van der Waals surface area contributed by atoms with Crippen LogP contribution in [-0.4, -0.2) is 12.0 Å². The zero-order valence-corrected chi connectivity index (χ0v) is 12.4. The summed E-state index contributed by atoms with van der Waals surface area (Å²) in [6, 6.07) is 6.70. The number of hydrogen-bond acceptors (Lipinski definition) is 3. The Kier molecular flexibility index (Phi) is 4.25. The summed E-state index contributed by atoms with van der Waals surface area (Å²) in [6.07, 6.45) is 1.87. The summed E-state index contributed by atoms with van der Waals surface area (Å²) in [6.45, 7) is 4.21. The molecule has 2 nitrogen and oxygen atoms in total. The smallest absolute Gasteiger partial charge is 0.0603 e. The van der Waals surface area contributed by atoms with Gasteiger partial charge < -0.3 is 4.90 Å². The number of nitrogens with zero attached hydrogens (tertiary/aromatic N) is 2. The van der Waals surface area contributed by atoms with Crippen LogP contribution in [0.1, 0.15) is 29.1 Å². The van der Waals surface area contributed by atoms with Gasteiger partial charge in [0, 0.05) is 35.1 Å². The number of hydrogen-bond donors (Lipinski definition) is 0. The van der Waals surface area contributed by atoms with E-state index in [4.69, 9.17) is 11.6 Å². The maximum absolute atomic E-state index is 5.99. The second kappa shape index (κ2) is 5.72. The second-order valence-electron chi connectivity index (χ2n) is 4.39. The molecule has 2 rings (SSSR count). The Morgan fingerprint density at radius 3 is 2.89 bits per heavy atom. The SMILES string of the molecule is Cc1cc(N(C)C(C)c2cccs2)c(CCl)cn1. The first-order valence-electron chi connectivity index (χ1n) is 5.91. The minimum atomic E-state index is 0.341. The number of anilines is 1. The van der Waals surface area contributed by atoms with Crippen molar-refractivity contribution in [3.8, 4) is 0 Å². The lowest BCUT2D eigenvalue weighted by molar-refractivity contribution is 0.749. The molecule has 0 bridgehead atoms. The van der Waals surface area contributed by atoms with Crippen molar-refractivity contribution in [2.75, 3.05) is 11.9 Å². The fourth-order valence-corrected chi connectivity index (χ4v) is 2.97. The molecule has 0 aliphatic carbocycles. The van der Waals surface area contributed by atoms with Gasteiger partial charge in [-0.3, -0.25) is 4.98 Å². The van der Waals surface area contributed by atoms with Crippen molar-refractivity contribution < 1.29 is 0 Å². The lowest BCUT2D eigenvalue weighted by atomic mass is 10.1. The molecule has 0 spiro atoms. The maximum Gasteiger partial charge on any atom is 0.0603 e. The van der Waals surface area contributed by atoms with Crippen molar-refractivity contribution in [2.45, 2.75) is 25.8 Å². The van der Waals surface area contributed by atoms with Crippen LogP contribution in [0.4, 0.5) is 5.69 Å². The Balaban J connectivity index is 2.33. The fraction of sp³-hybridized carbons (Fsp3) is 0.357. The Morgan fingerprint density at radius 1 is 1.50 bits per heavy atom. The van der Waals surface area contributed by atoms with Gasteiger partial charge in [0.2, 0.25) is 0 Å². The van der Waals surface area contributed by atoms with E-state index in [0.717, 1.165) is 11.3 Å². The Bertz CT molecular complexity index is 511. The van der Waals surface area contributed by atoms with E-state index in [0.29, 0.717) is 11.9 Å². The van der Waals surface area contributed by atoms with Crippen molar-refractivity contribution in [1.29, 1.82) is 0 Å². The molecule has 0 aliphatic heterocycles. The van der Waals surface area contributed by atoms with Crippen molar-refractivity contribution >= 4 is 28.6 Å². The molecule has 1 unspecified atom stereocenters. The molecule has 4 heteroatoms. The largest absolute Gasteiger partial charge is 0.367 e. The summed E-state index contributed by atoms with van der Waals surface area (Å²) in [5, 5.41) is 2.11. The molecule has 0 aliphatic rings. The van der Waals surface area contributed by atoms with Crippen LogP contribution >= 0.6 is 22.9 Å². The van der Waals surface area contributed by atoms with Crippen molar-refractivity contribution in [3.63, 3.8) is 0 Å². The molecule has 18 heavy (non-hydrogen) atoms. The van der Waals surface area contributed by atoms with E-state index in [1.165, 1.54) is 10.6 Å². The van der Waals surface area contributed by atoms with E-state index in [1.807, 2.05) is 13.1 Å². The summed E-state index contributed by atoms with van der Waals surface area (Å²) >= 11 is 7.78. The van der Waals surface area contributed by atoms with Crippen LogP contribution in [0.5, 0.6) is 0 Å². The second-order valence-corrected chi connectivity index (χ2v) is 5.64. The highest BCUT2D eigenvalue weighted by molar-refractivity contribution is 7.10. The maximum atomic E-state index is 5.99. The third kappa shape index (κ3) is 2.68. The van der Waals surface area contributed by atoms with Crippen LogP contribution in [0.3, 0.4) is 0 Å². The first kappa shape index (κ1) is 13.4. The Hall–Kier alpha value is -1.06. The van der Waals surface area contributed by atoms with Crippen LogP contribution in [0.25, 0.3) is 0 Å². The molecule has 0 fully saturated rings. The van der Waals surface area contributed by atoms with Crippen molar-refractivity contribution in [1.82, 2.24) is 4.98 Å². The summed E-state index contributed by atoms with van der Waals surface area (Å²) < 4.78 is 0. The molecule has 2 heterocycles. The number of aromatic nitrogens is 1. The van der Waals surface area contributed by atoms with E-state index in [2.05, 4.69) is 47.4 Å². The quantitative estimate of drug-likeness (QED) is 0.772. The highest BCUT2D eigenvalue weighted by atomic mass is 35.5. The van der Waals surface area contributed by atoms with E-state index in [9.17, 15) is 0 Å². The predicted octanol–water partition coefficient (Wildman–Crippen LogP) is 4.39. The molecular formula is C14H17ClN2S. The Morgan fingerprint density at radius 2 is 2.28 bits per heavy atom. The fourth-order valence-electron chi connectivity index (χ4n) is 1.93. The molecule has 0 saturated carbocycles. The topological polar surface area (TPSA) is 16.1 Å². The minimum absolute atomic E-state index is 0.341. The first-order valence-corrected chi connectivity index (χ1v) is 7.32. The van der Waals surface area contributed by atoms with Crippen LogP contribution in [0, 0.1) is 6.92 Å². The molecule has 0 saturated heterocycles. The van der Waals surface area contributed by atoms with Crippen molar-refractivity contribution in [3.05, 3.63) is 45.9 Å². The highest BCUT2D eigenvalue weighted by Crippen LogP contribution is 2.31. The number of aryl methyl sites for hydroxylation is 1. The zero-order valence-electron chi connectivity index (χ0n) is 10.9. The third-order valence-corrected chi connectivity index (χ3v) is 4.49. The molecule has 2 aromatic rings. The first-order chi connectivity index (χ1) is 8.63. The normalized spacial score (nSPS) is 12.4. The van der Waals surface area contributed by atoms with Crippen LogP contribution < -0.4 is 4.90 Å². The monoisotopic (exact) mass is 280 g/mol. The van der Waals surface area contributed by atoms with Crippen molar-refractivity contribution in [2.24, 2.45) is 0 Å². The van der Waals surface area contributed by atoms with Gasteiger partial charge in [-0.15, -0.1) is 22.9 Å². The summed E-state index contributed by atoms with van der Waals surface area (Å²) in [5.41, 5.74) is 3.26. The number of rotatable bonds is 4. The van der Waals surface area contributed by atoms with Gasteiger partial charge >= 0.3 is 0 Å². The zero-order chi connectivity index (χ0) is 13.1. The number of halogens is 1. The van der Waals surface area contributed by atoms with Gasteiger partial charge in [-0.2, -0.15) is 0 Å². The summed E-state index contributed by atoms with van der Waals surface area (Å²) in [4.78, 5) is 7.92. The molecular weight excluding hydrogens is 264 g/mol. The molecule has 2 aromatic heterocycles. The molecule has 0 aromatic carbocycles. The average Bonchev–Trinajstić information content (AvgIpc) is 2.90. The average molecular weight is 281 g/mol. The van der Waals surface area contributed by atoms with E-state index in [-0.39, 0.29) is 0 Å². The molecule has 0 N–H and O–H groups in total. The van der Waals surface area contributed by atoms with Gasteiger partial charge in [0.25, 0.3) is 0 Å². The lowest BCUT2D eigenvalue weighted by Gasteiger charge is -2.28. The number of pyridine rings is 1. The van der Waals surface area contributed by atoms with Gasteiger partial charge in [-0.25, -0.2) is 0 Å². The number of alkyl halides is 1. The number of thiophene rings is 1. The van der Waals surface area contributed by atoms with Gasteiger partial charge in [-0.05, 0) is 31.4 Å². The van der Waals surface area contributed by atoms with Gasteiger partial charge in [0.1, 0.15) is 0 Å². The van der Waals surface area contributed by atoms with Gasteiger partial charge in [0.15, 0.2) is 0 Å². The van der Waals surface area contributed by atoms with E-state index >= 15 is 0 Å². The van der Waals surface area contributed by atoms with Crippen LogP contribution in [0.2, 0.25) is 0 Å². The van der Waals surface area contributed by atoms with E-state index in [1.54, 1.807) is 11.3 Å². The Labute approximate surface area is 117 Å². The van der Waals surface area contributed by atoms with Gasteiger partial charge in [0.05, 0.1) is 11.9 Å². The third-order valence-electron chi connectivity index (χ3n) is 3.16. The molecule has 0 radical (unpaired) electrons.